The van der Waals surface area contributed by atoms with Crippen LogP contribution in [0.25, 0.3) is 0 Å². The molecular formula is C23H52N6O6Si2. The Kier molecular flexibility index (Phi) is 16.4. The highest BCUT2D eigenvalue weighted by atomic mass is 28.4. The van der Waals surface area contributed by atoms with Crippen molar-refractivity contribution in [3.05, 3.63) is 0 Å². The van der Waals surface area contributed by atoms with Crippen molar-refractivity contribution >= 4 is 29.3 Å². The fraction of sp³-hybridized carbons (Fsp3) is 0.913. The molecule has 0 radical (unpaired) electrons. The summed E-state index contributed by atoms with van der Waals surface area (Å²) in [5, 5.41) is 1.45. The van der Waals surface area contributed by atoms with E-state index in [-0.39, 0.29) is 0 Å². The second-order valence-electron chi connectivity index (χ2n) is 8.51. The number of hydrazine groups is 1. The Hall–Kier alpha value is -0.786. The monoisotopic (exact) mass is 564 g/mol. The van der Waals surface area contributed by atoms with Gasteiger partial charge in [-0.1, -0.05) is 0 Å². The number of hydrogen-bond acceptors (Lipinski definition) is 12. The number of nitrogens with two attached hydrogens (primary N) is 3. The second-order valence-corrected chi connectivity index (χ2v) is 14.0. The first-order chi connectivity index (χ1) is 17.7. The van der Waals surface area contributed by atoms with Crippen LogP contribution in [-0.4, -0.2) is 86.3 Å². The molecule has 6 N–H and O–H groups in total. The molecule has 0 aromatic rings. The average Bonchev–Trinajstić information content (AvgIpc) is 2.83. The normalized spacial score (nSPS) is 18.8. The van der Waals surface area contributed by atoms with Crippen molar-refractivity contribution in [2.45, 2.75) is 91.5 Å². The molecule has 0 fully saturated rings. The predicted molar refractivity (Wildman–Crippen MR) is 151 cm³/mol. The largest absolute Gasteiger partial charge is 0.500 e. The van der Waals surface area contributed by atoms with E-state index in [9.17, 15) is 0 Å². The highest BCUT2D eigenvalue weighted by Crippen LogP contribution is 2.25. The van der Waals surface area contributed by atoms with Gasteiger partial charge in [-0.15, -0.1) is 0 Å². The zero-order valence-electron chi connectivity index (χ0n) is 23.9. The molecule has 1 atom stereocenters. The summed E-state index contributed by atoms with van der Waals surface area (Å²) in [4.78, 5) is 9.48. The van der Waals surface area contributed by atoms with E-state index in [2.05, 4.69) is 0 Å². The van der Waals surface area contributed by atoms with Crippen LogP contribution < -0.4 is 17.3 Å². The second kappa shape index (κ2) is 17.7. The van der Waals surface area contributed by atoms with Crippen LogP contribution in [-0.2, 0) is 26.6 Å². The van der Waals surface area contributed by atoms with Gasteiger partial charge in [-0.2, -0.15) is 0 Å². The molecule has 0 aromatic carbocycles. The Balaban J connectivity index is 3.01. The van der Waals surface area contributed by atoms with E-state index in [1.807, 2.05) is 41.5 Å². The van der Waals surface area contributed by atoms with E-state index in [4.69, 9.17) is 53.9 Å². The van der Waals surface area contributed by atoms with Crippen molar-refractivity contribution in [3.63, 3.8) is 0 Å². The number of aliphatic imine (C=N–C) groups is 2. The minimum atomic E-state index is -2.77. The summed E-state index contributed by atoms with van der Waals surface area (Å²) in [6.45, 7) is 15.3. The molecule has 0 saturated heterocycles. The topological polar surface area (TPSA) is 161 Å². The number of nitrogens with zero attached hydrogens (tertiary/aromatic N) is 3. The molecule has 1 rings (SSSR count). The van der Waals surface area contributed by atoms with E-state index in [1.54, 1.807) is 0 Å². The lowest BCUT2D eigenvalue weighted by atomic mass is 10.1. The van der Waals surface area contributed by atoms with Gasteiger partial charge in [-0.25, -0.2) is 15.8 Å². The van der Waals surface area contributed by atoms with E-state index >= 15 is 0 Å². The molecule has 0 amide bonds. The fourth-order valence-corrected chi connectivity index (χ4v) is 9.56. The van der Waals surface area contributed by atoms with Crippen LogP contribution in [0.5, 0.6) is 0 Å². The van der Waals surface area contributed by atoms with Crippen LogP contribution in [0.2, 0.25) is 12.1 Å². The van der Waals surface area contributed by atoms with E-state index in [1.165, 1.54) is 5.01 Å². The van der Waals surface area contributed by atoms with Crippen LogP contribution in [0.15, 0.2) is 9.98 Å². The van der Waals surface area contributed by atoms with Gasteiger partial charge in [0.2, 0.25) is 5.79 Å². The summed E-state index contributed by atoms with van der Waals surface area (Å²) in [6.07, 6.45) is 3.03. The van der Waals surface area contributed by atoms with Crippen molar-refractivity contribution in [1.82, 2.24) is 5.01 Å². The predicted octanol–water partition coefficient (Wildman–Crippen LogP) is 2.59. The molecule has 1 unspecified atom stereocenters. The van der Waals surface area contributed by atoms with Crippen LogP contribution in [0.3, 0.4) is 0 Å². The van der Waals surface area contributed by atoms with Crippen LogP contribution >= 0.6 is 0 Å². The van der Waals surface area contributed by atoms with Gasteiger partial charge in [0.1, 0.15) is 11.7 Å². The van der Waals surface area contributed by atoms with Crippen molar-refractivity contribution < 1.29 is 26.6 Å². The zero-order valence-corrected chi connectivity index (χ0v) is 25.9. The molecular weight excluding hydrogens is 512 g/mol. The number of rotatable bonds is 22. The summed E-state index contributed by atoms with van der Waals surface area (Å²) in [6, 6.07) is 1.32. The van der Waals surface area contributed by atoms with Gasteiger partial charge in [-0.05, 0) is 60.9 Å². The molecule has 1 aliphatic rings. The highest BCUT2D eigenvalue weighted by molar-refractivity contribution is 6.61. The van der Waals surface area contributed by atoms with E-state index in [0.29, 0.717) is 89.2 Å². The molecule has 0 aromatic heterocycles. The molecule has 1 heterocycles. The smallest absolute Gasteiger partial charge is 0.374 e. The number of amidine groups is 2. The van der Waals surface area contributed by atoms with E-state index in [0.717, 1.165) is 12.8 Å². The van der Waals surface area contributed by atoms with Crippen molar-refractivity contribution in [1.29, 1.82) is 0 Å². The molecule has 218 valence electrons. The van der Waals surface area contributed by atoms with Gasteiger partial charge in [0.25, 0.3) is 0 Å². The highest BCUT2D eigenvalue weighted by Gasteiger charge is 2.42. The minimum Gasteiger partial charge on any atom is -0.374 e. The van der Waals surface area contributed by atoms with Gasteiger partial charge in [0.15, 0.2) is 0 Å². The SMILES string of the molecule is CCO[Si](CCCC1=NC(N)(CCN)N(N)C(CCC[Si](OCC)(OCC)OCC)=N1)(OCC)OCC. The maximum absolute atomic E-state index is 6.62. The quantitative estimate of drug-likeness (QED) is 0.132. The molecule has 0 saturated carbocycles. The van der Waals surface area contributed by atoms with Gasteiger partial charge in [-0.3, -0.25) is 10.7 Å². The molecule has 0 spiro atoms. The zero-order chi connectivity index (χ0) is 27.8. The standard InChI is InChI=1S/C23H52N6O6Si2/c1-7-30-36(31-8-2,32-9-3)19-13-15-21-27-22(29(26)23(25,28-21)17-18-24)16-14-20-37(33-10-4,34-11-5)35-12-6/h7-20,24-26H2,1-6H3. The first-order valence-electron chi connectivity index (χ1n) is 13.8. The lowest BCUT2D eigenvalue weighted by Gasteiger charge is -2.39. The maximum atomic E-state index is 6.62. The van der Waals surface area contributed by atoms with Gasteiger partial charge >= 0.3 is 17.6 Å². The molecule has 12 nitrogen and oxygen atoms in total. The molecule has 0 aliphatic carbocycles. The first kappa shape index (κ1) is 34.2. The van der Waals surface area contributed by atoms with Gasteiger partial charge in [0, 0.05) is 71.0 Å². The van der Waals surface area contributed by atoms with E-state index < -0.39 is 23.4 Å². The Morgan fingerprint density at radius 1 is 0.730 bits per heavy atom. The lowest BCUT2D eigenvalue weighted by molar-refractivity contribution is 0.0701. The summed E-state index contributed by atoms with van der Waals surface area (Å²) < 4.78 is 35.9. The van der Waals surface area contributed by atoms with Gasteiger partial charge < -0.3 is 32.3 Å². The maximum Gasteiger partial charge on any atom is 0.500 e. The summed E-state index contributed by atoms with van der Waals surface area (Å²) in [5.74, 6) is 6.58. The molecule has 37 heavy (non-hydrogen) atoms. The Morgan fingerprint density at radius 3 is 1.51 bits per heavy atom. The fourth-order valence-electron chi connectivity index (χ4n) is 4.33. The summed E-state index contributed by atoms with van der Waals surface area (Å²) in [7, 11) is -5.52. The third-order valence-electron chi connectivity index (χ3n) is 5.74. The Labute approximate surface area is 225 Å². The molecule has 1 aliphatic heterocycles. The van der Waals surface area contributed by atoms with Crippen LogP contribution in [0.1, 0.15) is 73.6 Å². The van der Waals surface area contributed by atoms with Crippen molar-refractivity contribution in [2.75, 3.05) is 46.2 Å². The third-order valence-corrected chi connectivity index (χ3v) is 12.0. The van der Waals surface area contributed by atoms with Crippen LogP contribution in [0.4, 0.5) is 0 Å². The number of hydrogen-bond donors (Lipinski definition) is 3. The Morgan fingerprint density at radius 2 is 1.14 bits per heavy atom. The first-order valence-corrected chi connectivity index (χ1v) is 17.6. The third kappa shape index (κ3) is 10.7. The average molecular weight is 565 g/mol. The van der Waals surface area contributed by atoms with Crippen molar-refractivity contribution in [2.24, 2.45) is 27.3 Å². The lowest BCUT2D eigenvalue weighted by Crippen LogP contribution is -2.63. The summed E-state index contributed by atoms with van der Waals surface area (Å²) >= 11 is 0. The molecule has 14 heteroatoms. The van der Waals surface area contributed by atoms with Gasteiger partial charge in [0.05, 0.1) is 0 Å². The Bertz CT molecular complexity index is 671. The van der Waals surface area contributed by atoms with Crippen molar-refractivity contribution in [3.8, 4) is 0 Å². The molecule has 0 bridgehead atoms. The summed E-state index contributed by atoms with van der Waals surface area (Å²) in [5.41, 5.74) is 12.5. The minimum absolute atomic E-state index is 0.346. The van der Waals surface area contributed by atoms with Crippen LogP contribution in [0, 0.1) is 0 Å².